The summed E-state index contributed by atoms with van der Waals surface area (Å²) < 4.78 is 7.10. The van der Waals surface area contributed by atoms with Gasteiger partial charge in [0.1, 0.15) is 11.4 Å². The number of aromatic nitrogens is 1. The molecular weight excluding hydrogens is 370 g/mol. The molecule has 1 aromatic heterocycles. The Kier molecular flexibility index (Phi) is 4.95. The molecule has 0 saturated heterocycles. The molecule has 0 spiro atoms. The summed E-state index contributed by atoms with van der Waals surface area (Å²) in [7, 11) is 0. The summed E-state index contributed by atoms with van der Waals surface area (Å²) in [6.07, 6.45) is -0.0629. The number of nitrogens with zero attached hydrogens (tertiary/aromatic N) is 1. The second-order valence-corrected chi connectivity index (χ2v) is 8.46. The standard InChI is InChI=1S/C20H20ClNO3S/c1-11-7-15-19(26-10-22-15)18(14(11)9-17(23)24)13-6-5-12(21)8-16(13)25-20(2,3)4/h5-8,10H,9H2,1-4H3,(H,23,24). The van der Waals surface area contributed by atoms with Gasteiger partial charge in [-0.2, -0.15) is 0 Å². The average molecular weight is 390 g/mol. The van der Waals surface area contributed by atoms with Gasteiger partial charge in [0.15, 0.2) is 0 Å². The zero-order valence-corrected chi connectivity index (χ0v) is 16.7. The molecule has 0 fully saturated rings. The summed E-state index contributed by atoms with van der Waals surface area (Å²) >= 11 is 7.70. The van der Waals surface area contributed by atoms with Crippen molar-refractivity contribution >= 4 is 39.1 Å². The number of carboxylic acid groups (broad SMARTS) is 1. The Bertz CT molecular complexity index is 989. The molecule has 3 rings (SSSR count). The molecule has 3 aromatic rings. The van der Waals surface area contributed by atoms with Crippen LogP contribution in [0.1, 0.15) is 31.9 Å². The van der Waals surface area contributed by atoms with Gasteiger partial charge in [-0.25, -0.2) is 4.98 Å². The van der Waals surface area contributed by atoms with Gasteiger partial charge in [-0.3, -0.25) is 4.79 Å². The number of benzene rings is 2. The number of ether oxygens (including phenoxy) is 1. The number of hydrogen-bond acceptors (Lipinski definition) is 4. The summed E-state index contributed by atoms with van der Waals surface area (Å²) in [6.45, 7) is 7.82. The molecule has 136 valence electrons. The molecular formula is C20H20ClNO3S. The first-order chi connectivity index (χ1) is 12.2. The molecule has 0 aliphatic carbocycles. The van der Waals surface area contributed by atoms with Crippen LogP contribution < -0.4 is 4.74 Å². The molecule has 4 nitrogen and oxygen atoms in total. The lowest BCUT2D eigenvalue weighted by molar-refractivity contribution is -0.136. The lowest BCUT2D eigenvalue weighted by atomic mass is 9.92. The van der Waals surface area contributed by atoms with E-state index in [2.05, 4.69) is 4.98 Å². The van der Waals surface area contributed by atoms with Crippen molar-refractivity contribution in [3.05, 3.63) is 45.9 Å². The number of fused-ring (bicyclic) bond motifs is 1. The minimum absolute atomic E-state index is 0.0629. The van der Waals surface area contributed by atoms with Crippen LogP contribution in [0.4, 0.5) is 0 Å². The molecule has 0 aliphatic rings. The molecule has 0 radical (unpaired) electrons. The maximum absolute atomic E-state index is 11.5. The number of carbonyl (C=O) groups is 1. The first-order valence-electron chi connectivity index (χ1n) is 8.22. The van der Waals surface area contributed by atoms with Gasteiger partial charge in [-0.1, -0.05) is 11.6 Å². The Balaban J connectivity index is 2.34. The fourth-order valence-corrected chi connectivity index (χ4v) is 3.97. The lowest BCUT2D eigenvalue weighted by Crippen LogP contribution is -2.23. The van der Waals surface area contributed by atoms with Crippen LogP contribution in [0.5, 0.6) is 5.75 Å². The third kappa shape index (κ3) is 3.84. The van der Waals surface area contributed by atoms with Crippen LogP contribution in [0.25, 0.3) is 21.3 Å². The number of hydrogen-bond donors (Lipinski definition) is 1. The van der Waals surface area contributed by atoms with Gasteiger partial charge in [-0.15, -0.1) is 11.3 Å². The SMILES string of the molecule is Cc1cc2ncsc2c(-c2ccc(Cl)cc2OC(C)(C)C)c1CC(=O)O. The van der Waals surface area contributed by atoms with Crippen molar-refractivity contribution in [2.24, 2.45) is 0 Å². The fourth-order valence-electron chi connectivity index (χ4n) is 2.95. The number of rotatable bonds is 4. The molecule has 0 atom stereocenters. The minimum atomic E-state index is -0.870. The largest absolute Gasteiger partial charge is 0.487 e. The molecule has 1 heterocycles. The van der Waals surface area contributed by atoms with Crippen LogP contribution in [0, 0.1) is 6.92 Å². The van der Waals surface area contributed by atoms with Gasteiger partial charge < -0.3 is 9.84 Å². The number of carboxylic acids is 1. The van der Waals surface area contributed by atoms with E-state index in [4.69, 9.17) is 16.3 Å². The van der Waals surface area contributed by atoms with Crippen LogP contribution in [-0.2, 0) is 11.2 Å². The summed E-state index contributed by atoms with van der Waals surface area (Å²) in [5.74, 6) is -0.234. The van der Waals surface area contributed by atoms with E-state index in [1.807, 2.05) is 39.8 Å². The summed E-state index contributed by atoms with van der Waals surface area (Å²) in [5, 5.41) is 9.99. The van der Waals surface area contributed by atoms with Crippen molar-refractivity contribution < 1.29 is 14.6 Å². The van der Waals surface area contributed by atoms with E-state index in [0.29, 0.717) is 10.8 Å². The predicted molar refractivity (Wildman–Crippen MR) is 107 cm³/mol. The lowest BCUT2D eigenvalue weighted by Gasteiger charge is -2.24. The minimum Gasteiger partial charge on any atom is -0.487 e. The first kappa shape index (κ1) is 18.7. The quantitative estimate of drug-likeness (QED) is 0.619. The molecule has 2 aromatic carbocycles. The van der Waals surface area contributed by atoms with Crippen molar-refractivity contribution in [2.75, 3.05) is 0 Å². The van der Waals surface area contributed by atoms with E-state index in [1.54, 1.807) is 17.6 Å². The Morgan fingerprint density at radius 1 is 1.31 bits per heavy atom. The average Bonchev–Trinajstić information content (AvgIpc) is 2.94. The monoisotopic (exact) mass is 389 g/mol. The maximum atomic E-state index is 11.5. The van der Waals surface area contributed by atoms with Crippen molar-refractivity contribution in [2.45, 2.75) is 39.7 Å². The van der Waals surface area contributed by atoms with Crippen molar-refractivity contribution in [1.82, 2.24) is 4.98 Å². The van der Waals surface area contributed by atoms with Crippen LogP contribution in [0.15, 0.2) is 29.8 Å². The third-order valence-corrected chi connectivity index (χ3v) is 5.01. The highest BCUT2D eigenvalue weighted by atomic mass is 35.5. The molecule has 1 N–H and O–H groups in total. The smallest absolute Gasteiger partial charge is 0.307 e. The van der Waals surface area contributed by atoms with E-state index >= 15 is 0 Å². The Morgan fingerprint density at radius 2 is 2.04 bits per heavy atom. The zero-order chi connectivity index (χ0) is 19.1. The van der Waals surface area contributed by atoms with Crippen LogP contribution in [0.2, 0.25) is 5.02 Å². The van der Waals surface area contributed by atoms with Gasteiger partial charge in [0.25, 0.3) is 0 Å². The Morgan fingerprint density at radius 3 is 2.69 bits per heavy atom. The van der Waals surface area contributed by atoms with Gasteiger partial charge in [0.2, 0.25) is 0 Å². The fraction of sp³-hybridized carbons (Fsp3) is 0.300. The van der Waals surface area contributed by atoms with E-state index < -0.39 is 11.6 Å². The number of aryl methyl sites for hydroxylation is 1. The molecule has 0 aliphatic heterocycles. The Hall–Kier alpha value is -2.11. The summed E-state index contributed by atoms with van der Waals surface area (Å²) in [6, 6.07) is 7.41. The predicted octanol–water partition coefficient (Wildman–Crippen LogP) is 5.73. The highest BCUT2D eigenvalue weighted by Crippen LogP contribution is 2.42. The number of halogens is 1. The van der Waals surface area contributed by atoms with E-state index in [-0.39, 0.29) is 6.42 Å². The first-order valence-corrected chi connectivity index (χ1v) is 9.48. The van der Waals surface area contributed by atoms with Gasteiger partial charge in [-0.05, 0) is 63.1 Å². The Labute approximate surface area is 161 Å². The van der Waals surface area contributed by atoms with E-state index in [0.717, 1.165) is 32.5 Å². The highest BCUT2D eigenvalue weighted by Gasteiger charge is 2.22. The van der Waals surface area contributed by atoms with Crippen molar-refractivity contribution in [1.29, 1.82) is 0 Å². The molecule has 0 amide bonds. The van der Waals surface area contributed by atoms with Crippen LogP contribution in [-0.4, -0.2) is 21.7 Å². The molecule has 0 saturated carbocycles. The van der Waals surface area contributed by atoms with Crippen LogP contribution >= 0.6 is 22.9 Å². The maximum Gasteiger partial charge on any atom is 0.307 e. The van der Waals surface area contributed by atoms with Crippen molar-refractivity contribution in [3.8, 4) is 16.9 Å². The molecule has 26 heavy (non-hydrogen) atoms. The second kappa shape index (κ2) is 6.89. The molecule has 0 bridgehead atoms. The van der Waals surface area contributed by atoms with E-state index in [9.17, 15) is 9.90 Å². The van der Waals surface area contributed by atoms with Gasteiger partial charge >= 0.3 is 5.97 Å². The normalized spacial score (nSPS) is 11.7. The van der Waals surface area contributed by atoms with Crippen LogP contribution in [0.3, 0.4) is 0 Å². The summed E-state index contributed by atoms with van der Waals surface area (Å²) in [4.78, 5) is 15.9. The van der Waals surface area contributed by atoms with E-state index in [1.165, 1.54) is 11.3 Å². The third-order valence-electron chi connectivity index (χ3n) is 3.91. The molecule has 6 heteroatoms. The number of aliphatic carboxylic acids is 1. The number of thiazole rings is 1. The topological polar surface area (TPSA) is 59.4 Å². The zero-order valence-electron chi connectivity index (χ0n) is 15.1. The summed E-state index contributed by atoms with van der Waals surface area (Å²) in [5.41, 5.74) is 5.59. The van der Waals surface area contributed by atoms with Gasteiger partial charge in [0, 0.05) is 16.1 Å². The van der Waals surface area contributed by atoms with Crippen molar-refractivity contribution in [3.63, 3.8) is 0 Å². The van der Waals surface area contributed by atoms with Gasteiger partial charge in [0.05, 0.1) is 22.1 Å². The highest BCUT2D eigenvalue weighted by molar-refractivity contribution is 7.17. The molecule has 0 unspecified atom stereocenters. The second-order valence-electron chi connectivity index (χ2n) is 7.17.